The van der Waals surface area contributed by atoms with Crippen molar-refractivity contribution in [2.75, 3.05) is 0 Å². The molecule has 1 unspecified atom stereocenters. The van der Waals surface area contributed by atoms with Gasteiger partial charge in [-0.2, -0.15) is 0 Å². The average molecular weight is 206 g/mol. The molecule has 0 heterocycles. The summed E-state index contributed by atoms with van der Waals surface area (Å²) in [5.74, 6) is -0.221. The van der Waals surface area contributed by atoms with Gasteiger partial charge in [0.1, 0.15) is 6.10 Å². The van der Waals surface area contributed by atoms with Crippen LogP contribution in [0.1, 0.15) is 43.1 Å². The van der Waals surface area contributed by atoms with Crippen molar-refractivity contribution in [3.8, 4) is 0 Å². The normalized spacial score (nSPS) is 12.3. The van der Waals surface area contributed by atoms with E-state index in [1.165, 1.54) is 18.1 Å². The molecule has 2 nitrogen and oxygen atoms in total. The maximum Gasteiger partial charge on any atom is 0.303 e. The summed E-state index contributed by atoms with van der Waals surface area (Å²) < 4.78 is 5.26. The van der Waals surface area contributed by atoms with E-state index in [2.05, 4.69) is 32.0 Å². The fourth-order valence-corrected chi connectivity index (χ4v) is 1.78. The lowest BCUT2D eigenvalue weighted by atomic mass is 10.0. The Morgan fingerprint density at radius 1 is 1.27 bits per heavy atom. The first-order valence-corrected chi connectivity index (χ1v) is 5.28. The minimum absolute atomic E-state index is 0.110. The lowest BCUT2D eigenvalue weighted by molar-refractivity contribution is -0.146. The first-order chi connectivity index (χ1) is 7.02. The summed E-state index contributed by atoms with van der Waals surface area (Å²) in [5, 5.41) is 0. The van der Waals surface area contributed by atoms with Crippen LogP contribution in [0.5, 0.6) is 0 Å². The van der Waals surface area contributed by atoms with E-state index in [9.17, 15) is 4.79 Å². The number of aryl methyl sites for hydroxylation is 2. The SMILES string of the molecule is CCC(OC(C)=O)c1cc(C)cc(C)c1. The Bertz CT molecular complexity index is 335. The van der Waals surface area contributed by atoms with Gasteiger partial charge in [-0.15, -0.1) is 0 Å². The molecule has 1 aromatic rings. The van der Waals surface area contributed by atoms with Crippen LogP contribution < -0.4 is 0 Å². The highest BCUT2D eigenvalue weighted by atomic mass is 16.5. The Balaban J connectivity index is 2.95. The predicted octanol–water partition coefficient (Wildman–Crippen LogP) is 3.32. The molecule has 1 atom stereocenters. The van der Waals surface area contributed by atoms with Gasteiger partial charge in [0.15, 0.2) is 0 Å². The monoisotopic (exact) mass is 206 g/mol. The molecule has 0 aliphatic rings. The molecule has 0 aromatic heterocycles. The zero-order valence-corrected chi connectivity index (χ0v) is 9.83. The molecule has 0 aliphatic carbocycles. The predicted molar refractivity (Wildman–Crippen MR) is 60.7 cm³/mol. The smallest absolute Gasteiger partial charge is 0.303 e. The van der Waals surface area contributed by atoms with Crippen molar-refractivity contribution in [2.45, 2.75) is 40.2 Å². The summed E-state index contributed by atoms with van der Waals surface area (Å²) >= 11 is 0. The van der Waals surface area contributed by atoms with Gasteiger partial charge in [0, 0.05) is 6.92 Å². The maximum atomic E-state index is 10.9. The zero-order valence-electron chi connectivity index (χ0n) is 9.83. The Morgan fingerprint density at radius 3 is 2.20 bits per heavy atom. The van der Waals surface area contributed by atoms with E-state index in [4.69, 9.17) is 4.74 Å². The molecule has 0 saturated heterocycles. The Morgan fingerprint density at radius 2 is 1.80 bits per heavy atom. The number of carbonyl (C=O) groups is 1. The molecule has 0 saturated carbocycles. The Labute approximate surface area is 91.3 Å². The molecule has 0 spiro atoms. The molecule has 0 N–H and O–H groups in total. The summed E-state index contributed by atoms with van der Waals surface area (Å²) in [7, 11) is 0. The summed E-state index contributed by atoms with van der Waals surface area (Å²) in [6.45, 7) is 7.57. The molecular weight excluding hydrogens is 188 g/mol. The van der Waals surface area contributed by atoms with Crippen LogP contribution in [-0.2, 0) is 9.53 Å². The van der Waals surface area contributed by atoms with Gasteiger partial charge < -0.3 is 4.74 Å². The third-order valence-corrected chi connectivity index (χ3v) is 2.29. The molecule has 0 bridgehead atoms. The van der Waals surface area contributed by atoms with Gasteiger partial charge in [-0.25, -0.2) is 0 Å². The molecule has 0 aliphatic heterocycles. The Hall–Kier alpha value is -1.31. The number of carbonyl (C=O) groups excluding carboxylic acids is 1. The minimum atomic E-state index is -0.221. The molecule has 2 heteroatoms. The number of rotatable bonds is 3. The topological polar surface area (TPSA) is 26.3 Å². The molecule has 0 amide bonds. The number of hydrogen-bond acceptors (Lipinski definition) is 2. The van der Waals surface area contributed by atoms with Gasteiger partial charge in [-0.05, 0) is 25.8 Å². The van der Waals surface area contributed by atoms with Crippen molar-refractivity contribution in [3.63, 3.8) is 0 Å². The lowest BCUT2D eigenvalue weighted by Crippen LogP contribution is -2.07. The van der Waals surface area contributed by atoms with Crippen molar-refractivity contribution in [2.24, 2.45) is 0 Å². The molecule has 1 rings (SSSR count). The van der Waals surface area contributed by atoms with Gasteiger partial charge in [-0.3, -0.25) is 4.79 Å². The summed E-state index contributed by atoms with van der Waals surface area (Å²) in [5.41, 5.74) is 3.50. The van der Waals surface area contributed by atoms with Crippen LogP contribution in [-0.4, -0.2) is 5.97 Å². The van der Waals surface area contributed by atoms with Gasteiger partial charge >= 0.3 is 5.97 Å². The van der Waals surface area contributed by atoms with Crippen LogP contribution in [0, 0.1) is 13.8 Å². The highest BCUT2D eigenvalue weighted by Crippen LogP contribution is 2.23. The number of ether oxygens (including phenoxy) is 1. The van der Waals surface area contributed by atoms with Crippen molar-refractivity contribution < 1.29 is 9.53 Å². The third kappa shape index (κ3) is 3.39. The highest BCUT2D eigenvalue weighted by molar-refractivity contribution is 5.66. The quantitative estimate of drug-likeness (QED) is 0.709. The van der Waals surface area contributed by atoms with Crippen molar-refractivity contribution >= 4 is 5.97 Å². The summed E-state index contributed by atoms with van der Waals surface area (Å²) in [4.78, 5) is 10.9. The van der Waals surface area contributed by atoms with Crippen molar-refractivity contribution in [1.82, 2.24) is 0 Å². The number of hydrogen-bond donors (Lipinski definition) is 0. The van der Waals surface area contributed by atoms with Crippen LogP contribution in [0.15, 0.2) is 18.2 Å². The van der Waals surface area contributed by atoms with Crippen LogP contribution in [0.2, 0.25) is 0 Å². The first kappa shape index (κ1) is 11.8. The molecule has 15 heavy (non-hydrogen) atoms. The van der Waals surface area contributed by atoms with Gasteiger partial charge in [0.2, 0.25) is 0 Å². The van der Waals surface area contributed by atoms with E-state index >= 15 is 0 Å². The molecule has 0 fully saturated rings. The van der Waals surface area contributed by atoms with Crippen LogP contribution in [0.4, 0.5) is 0 Å². The van der Waals surface area contributed by atoms with Gasteiger partial charge in [0.25, 0.3) is 0 Å². The summed E-state index contributed by atoms with van der Waals surface area (Å²) in [6.07, 6.45) is 0.698. The van der Waals surface area contributed by atoms with Crippen molar-refractivity contribution in [1.29, 1.82) is 0 Å². The molecule has 0 radical (unpaired) electrons. The van der Waals surface area contributed by atoms with E-state index < -0.39 is 0 Å². The maximum absolute atomic E-state index is 10.9. The molecule has 1 aromatic carbocycles. The summed E-state index contributed by atoms with van der Waals surface area (Å²) in [6, 6.07) is 6.26. The van der Waals surface area contributed by atoms with E-state index in [1.54, 1.807) is 0 Å². The van der Waals surface area contributed by atoms with E-state index in [-0.39, 0.29) is 12.1 Å². The zero-order chi connectivity index (χ0) is 11.4. The van der Waals surface area contributed by atoms with Crippen LogP contribution >= 0.6 is 0 Å². The van der Waals surface area contributed by atoms with Gasteiger partial charge in [0.05, 0.1) is 0 Å². The fourth-order valence-electron chi connectivity index (χ4n) is 1.78. The lowest BCUT2D eigenvalue weighted by Gasteiger charge is -2.16. The first-order valence-electron chi connectivity index (χ1n) is 5.28. The average Bonchev–Trinajstić information content (AvgIpc) is 2.12. The molecule has 82 valence electrons. The number of benzene rings is 1. The van der Waals surface area contributed by atoms with E-state index in [0.29, 0.717) is 0 Å². The van der Waals surface area contributed by atoms with Crippen molar-refractivity contribution in [3.05, 3.63) is 34.9 Å². The van der Waals surface area contributed by atoms with Gasteiger partial charge in [-0.1, -0.05) is 36.2 Å². The second kappa shape index (κ2) is 4.96. The highest BCUT2D eigenvalue weighted by Gasteiger charge is 2.12. The van der Waals surface area contributed by atoms with E-state index in [1.807, 2.05) is 6.92 Å². The van der Waals surface area contributed by atoms with Crippen LogP contribution in [0.3, 0.4) is 0 Å². The second-order valence-corrected chi connectivity index (χ2v) is 3.93. The van der Waals surface area contributed by atoms with E-state index in [0.717, 1.165) is 12.0 Å². The largest absolute Gasteiger partial charge is 0.458 e. The third-order valence-electron chi connectivity index (χ3n) is 2.29. The second-order valence-electron chi connectivity index (χ2n) is 3.93. The molecular formula is C13H18O2. The standard InChI is InChI=1S/C13H18O2/c1-5-13(15-11(4)14)12-7-9(2)6-10(3)8-12/h6-8,13H,5H2,1-4H3. The Kier molecular flexibility index (Phi) is 3.89. The fraction of sp³-hybridized carbons (Fsp3) is 0.462. The van der Waals surface area contributed by atoms with Crippen LogP contribution in [0.25, 0.3) is 0 Å². The number of esters is 1. The minimum Gasteiger partial charge on any atom is -0.458 e.